The molecule has 0 aliphatic carbocycles. The quantitative estimate of drug-likeness (QED) is 0.430. The second-order valence-corrected chi connectivity index (χ2v) is 9.98. The van der Waals surface area contributed by atoms with E-state index >= 15 is 4.39 Å². The Balaban J connectivity index is 1.49. The molecule has 8 heteroatoms. The van der Waals surface area contributed by atoms with Gasteiger partial charge in [0, 0.05) is 43.2 Å². The van der Waals surface area contributed by atoms with E-state index in [1.54, 1.807) is 22.8 Å². The van der Waals surface area contributed by atoms with E-state index in [4.69, 9.17) is 4.74 Å². The number of likely N-dealkylation sites (tertiary alicyclic amines) is 1. The van der Waals surface area contributed by atoms with Crippen LogP contribution in [0.25, 0.3) is 32.9 Å². The zero-order chi connectivity index (χ0) is 24.8. The Hall–Kier alpha value is -3.49. The van der Waals surface area contributed by atoms with Gasteiger partial charge in [-0.05, 0) is 61.0 Å². The molecule has 0 amide bonds. The van der Waals surface area contributed by atoms with Crippen molar-refractivity contribution in [2.75, 3.05) is 33.3 Å². The number of hydrogen-bond donors (Lipinski definition) is 2. The normalized spacial score (nSPS) is 18.7. The molecule has 2 fully saturated rings. The van der Waals surface area contributed by atoms with Crippen molar-refractivity contribution in [2.24, 2.45) is 5.92 Å². The summed E-state index contributed by atoms with van der Waals surface area (Å²) in [4.78, 5) is 20.2. The molecular weight excluding hydrogens is 459 g/mol. The number of fused-ring (bicyclic) bond motifs is 2. The molecule has 4 aromatic rings. The van der Waals surface area contributed by atoms with E-state index in [1.807, 2.05) is 24.3 Å². The zero-order valence-electron chi connectivity index (χ0n) is 20.2. The van der Waals surface area contributed by atoms with E-state index in [9.17, 15) is 9.90 Å². The lowest BCUT2D eigenvalue weighted by Gasteiger charge is -2.28. The number of nitrogens with zero attached hydrogens (tertiary/aromatic N) is 3. The lowest BCUT2D eigenvalue weighted by molar-refractivity contribution is 0.190. The topological polar surface area (TPSA) is 79.6 Å². The van der Waals surface area contributed by atoms with Gasteiger partial charge in [0.2, 0.25) is 0 Å². The Kier molecular flexibility index (Phi) is 5.85. The van der Waals surface area contributed by atoms with Crippen LogP contribution in [0.4, 0.5) is 4.39 Å². The molecule has 1 aromatic heterocycles. The first-order valence-corrected chi connectivity index (χ1v) is 12.5. The molecule has 186 valence electrons. The number of likely N-dealkylation sites (N-methyl/N-ethyl adjacent to an activating group) is 1. The van der Waals surface area contributed by atoms with Crippen LogP contribution in [0, 0.1) is 11.7 Å². The molecule has 6 rings (SSSR count). The van der Waals surface area contributed by atoms with Crippen LogP contribution in [0.1, 0.15) is 12.8 Å². The lowest BCUT2D eigenvalue weighted by Crippen LogP contribution is -2.45. The molecule has 1 atom stereocenters. The maximum atomic E-state index is 15.6. The van der Waals surface area contributed by atoms with Crippen molar-refractivity contribution < 1.29 is 14.2 Å². The third kappa shape index (κ3) is 4.10. The van der Waals surface area contributed by atoms with Gasteiger partial charge in [0.1, 0.15) is 18.2 Å². The highest BCUT2D eigenvalue weighted by molar-refractivity contribution is 5.99. The molecule has 3 aromatic carbocycles. The molecule has 1 unspecified atom stereocenters. The lowest BCUT2D eigenvalue weighted by atomic mass is 9.96. The van der Waals surface area contributed by atoms with Gasteiger partial charge >= 0.3 is 5.56 Å². The van der Waals surface area contributed by atoms with Gasteiger partial charge in [-0.25, -0.2) is 9.37 Å². The number of nitrogens with one attached hydrogen (secondary N) is 1. The summed E-state index contributed by atoms with van der Waals surface area (Å²) in [7, 11) is 2.06. The summed E-state index contributed by atoms with van der Waals surface area (Å²) in [6.07, 6.45) is 2.13. The Morgan fingerprint density at radius 2 is 2.00 bits per heavy atom. The Bertz CT molecular complexity index is 1510. The van der Waals surface area contributed by atoms with Crippen LogP contribution >= 0.6 is 0 Å². The molecule has 0 radical (unpaired) electrons. The maximum absolute atomic E-state index is 15.6. The fourth-order valence-electron chi connectivity index (χ4n) is 5.34. The number of aromatic nitrogens is 2. The highest BCUT2D eigenvalue weighted by Gasteiger charge is 2.25. The molecular formula is C28H29FN4O3. The largest absolute Gasteiger partial charge is 0.508 e. The van der Waals surface area contributed by atoms with E-state index in [1.165, 1.54) is 6.07 Å². The van der Waals surface area contributed by atoms with Crippen LogP contribution < -0.4 is 15.6 Å². The molecule has 0 saturated carbocycles. The molecule has 3 heterocycles. The van der Waals surface area contributed by atoms with Crippen molar-refractivity contribution >= 4 is 21.8 Å². The molecule has 2 aliphatic rings. The molecule has 0 bridgehead atoms. The third-order valence-corrected chi connectivity index (χ3v) is 7.53. The SMILES string of the molecule is CN1CCCC1COc1nc2cc(-c3cc(O)cc4ccccc34)c(F)cc2n(CC2CNC2)c1=O. The van der Waals surface area contributed by atoms with E-state index in [2.05, 4.69) is 22.2 Å². The first-order chi connectivity index (χ1) is 17.5. The van der Waals surface area contributed by atoms with Crippen LogP contribution in [0.15, 0.2) is 53.3 Å². The first-order valence-electron chi connectivity index (χ1n) is 12.5. The van der Waals surface area contributed by atoms with Crippen molar-refractivity contribution in [2.45, 2.75) is 25.4 Å². The number of aromatic hydroxyl groups is 1. The second-order valence-electron chi connectivity index (χ2n) is 9.98. The predicted octanol–water partition coefficient (Wildman–Crippen LogP) is 3.75. The Morgan fingerprint density at radius 1 is 1.17 bits per heavy atom. The summed E-state index contributed by atoms with van der Waals surface area (Å²) in [5, 5.41) is 15.2. The molecule has 2 N–H and O–H groups in total. The fourth-order valence-corrected chi connectivity index (χ4v) is 5.34. The molecule has 2 aliphatic heterocycles. The van der Waals surface area contributed by atoms with Crippen molar-refractivity contribution in [1.29, 1.82) is 0 Å². The van der Waals surface area contributed by atoms with Crippen LogP contribution in [-0.2, 0) is 6.54 Å². The summed E-state index contributed by atoms with van der Waals surface area (Å²) >= 11 is 0. The molecule has 2 saturated heterocycles. The molecule has 0 spiro atoms. The first kappa shape index (κ1) is 22.9. The van der Waals surface area contributed by atoms with Gasteiger partial charge in [-0.15, -0.1) is 0 Å². The van der Waals surface area contributed by atoms with Crippen molar-refractivity contribution in [1.82, 2.24) is 19.8 Å². The van der Waals surface area contributed by atoms with Crippen molar-refractivity contribution in [3.8, 4) is 22.8 Å². The summed E-state index contributed by atoms with van der Waals surface area (Å²) in [5.41, 5.74) is 1.50. The fraction of sp³-hybridized carbons (Fsp3) is 0.357. The van der Waals surface area contributed by atoms with Gasteiger partial charge in [-0.3, -0.25) is 4.79 Å². The smallest absolute Gasteiger partial charge is 0.313 e. The van der Waals surface area contributed by atoms with Gasteiger partial charge < -0.3 is 24.6 Å². The maximum Gasteiger partial charge on any atom is 0.313 e. The van der Waals surface area contributed by atoms with Gasteiger partial charge in [0.05, 0.1) is 11.0 Å². The standard InChI is InChI=1S/C28H29FN4O3/c1-32-8-4-6-19(32)16-36-27-28(35)33(15-17-13-30-14-17)26-12-24(29)23(11-25(26)31-27)22-10-20(34)9-18-5-2-3-7-21(18)22/h2-3,5,7,9-12,17,19,30,34H,4,6,8,13-16H2,1H3. The van der Waals surface area contributed by atoms with Gasteiger partial charge in [0.25, 0.3) is 5.88 Å². The average Bonchev–Trinajstić information content (AvgIpc) is 3.25. The van der Waals surface area contributed by atoms with Crippen LogP contribution in [-0.4, -0.2) is 58.9 Å². The number of hydrogen-bond acceptors (Lipinski definition) is 6. The zero-order valence-corrected chi connectivity index (χ0v) is 20.2. The Morgan fingerprint density at radius 3 is 2.75 bits per heavy atom. The summed E-state index contributed by atoms with van der Waals surface area (Å²) in [6, 6.07) is 14.1. The highest BCUT2D eigenvalue weighted by Crippen LogP contribution is 2.36. The molecule has 7 nitrogen and oxygen atoms in total. The van der Waals surface area contributed by atoms with E-state index in [0.717, 1.165) is 43.2 Å². The minimum absolute atomic E-state index is 0.0495. The number of benzene rings is 3. The number of halogens is 1. The summed E-state index contributed by atoms with van der Waals surface area (Å²) in [6.45, 7) is 3.50. The van der Waals surface area contributed by atoms with Gasteiger partial charge in [-0.2, -0.15) is 0 Å². The van der Waals surface area contributed by atoms with E-state index in [-0.39, 0.29) is 23.2 Å². The third-order valence-electron chi connectivity index (χ3n) is 7.53. The van der Waals surface area contributed by atoms with Gasteiger partial charge in [-0.1, -0.05) is 24.3 Å². The van der Waals surface area contributed by atoms with Gasteiger partial charge in [0.15, 0.2) is 0 Å². The van der Waals surface area contributed by atoms with E-state index < -0.39 is 5.82 Å². The summed E-state index contributed by atoms with van der Waals surface area (Å²) < 4.78 is 23.2. The van der Waals surface area contributed by atoms with Crippen LogP contribution in [0.3, 0.4) is 0 Å². The minimum Gasteiger partial charge on any atom is -0.508 e. The number of rotatable bonds is 6. The Labute approximate surface area is 208 Å². The number of ether oxygens (including phenoxy) is 1. The highest BCUT2D eigenvalue weighted by atomic mass is 19.1. The number of phenolic OH excluding ortho intramolecular Hbond substituents is 1. The van der Waals surface area contributed by atoms with E-state index in [0.29, 0.717) is 41.2 Å². The van der Waals surface area contributed by atoms with Crippen LogP contribution in [0.2, 0.25) is 0 Å². The van der Waals surface area contributed by atoms with Crippen molar-refractivity contribution in [3.63, 3.8) is 0 Å². The second kappa shape index (κ2) is 9.19. The van der Waals surface area contributed by atoms with Crippen molar-refractivity contribution in [3.05, 3.63) is 64.7 Å². The minimum atomic E-state index is -0.471. The molecule has 36 heavy (non-hydrogen) atoms. The number of phenols is 1. The summed E-state index contributed by atoms with van der Waals surface area (Å²) in [5.74, 6) is -0.0715. The van der Waals surface area contributed by atoms with Crippen LogP contribution in [0.5, 0.6) is 11.6 Å². The monoisotopic (exact) mass is 488 g/mol. The average molecular weight is 489 g/mol. The predicted molar refractivity (Wildman–Crippen MR) is 138 cm³/mol.